The normalized spacial score (nSPS) is 29.4. The number of fused-ring (bicyclic) bond motifs is 3. The third-order valence-electron chi connectivity index (χ3n) is 4.38. The first-order valence-corrected chi connectivity index (χ1v) is 6.89. The molecule has 2 bridgehead atoms. The monoisotopic (exact) mass is 285 g/mol. The highest BCUT2D eigenvalue weighted by atomic mass is 19.4. The molecule has 4 rings (SSSR count). The molecule has 20 heavy (non-hydrogen) atoms. The van der Waals surface area contributed by atoms with Gasteiger partial charge in [0.15, 0.2) is 0 Å². The number of nitrogens with one attached hydrogen (secondary N) is 1. The fourth-order valence-corrected chi connectivity index (χ4v) is 3.20. The number of nitrogens with zero attached hydrogens (tertiary/aromatic N) is 1. The molecule has 1 unspecified atom stereocenters. The second kappa shape index (κ2) is 4.84. The van der Waals surface area contributed by atoms with Crippen LogP contribution in [0.2, 0.25) is 0 Å². The zero-order chi connectivity index (χ0) is 14.3. The second-order valence-corrected chi connectivity index (χ2v) is 5.69. The molecule has 0 amide bonds. The van der Waals surface area contributed by atoms with Crippen molar-refractivity contribution in [3.8, 4) is 0 Å². The van der Waals surface area contributed by atoms with Crippen LogP contribution in [0.4, 0.5) is 24.5 Å². The smallest absolute Gasteiger partial charge is 0.397 e. The van der Waals surface area contributed by atoms with E-state index in [2.05, 4.69) is 10.2 Å². The van der Waals surface area contributed by atoms with Gasteiger partial charge in [-0.05, 0) is 50.0 Å². The predicted octanol–water partition coefficient (Wildman–Crippen LogP) is 2.79. The number of hydrogen-bond acceptors (Lipinski definition) is 3. The van der Waals surface area contributed by atoms with Crippen molar-refractivity contribution in [2.45, 2.75) is 25.1 Å². The minimum absolute atomic E-state index is 0.163. The van der Waals surface area contributed by atoms with Gasteiger partial charge in [0.1, 0.15) is 0 Å². The number of nitrogen functional groups attached to an aromatic ring is 1. The first-order chi connectivity index (χ1) is 9.43. The Balaban J connectivity index is 1.75. The summed E-state index contributed by atoms with van der Waals surface area (Å²) in [5.41, 5.74) is 5.83. The number of piperidine rings is 3. The SMILES string of the molecule is Nc1cc(C(F)(F)F)ccc1NC1CN2CCC1CC2. The van der Waals surface area contributed by atoms with Crippen LogP contribution in [0.5, 0.6) is 0 Å². The van der Waals surface area contributed by atoms with Gasteiger partial charge in [-0.25, -0.2) is 0 Å². The largest absolute Gasteiger partial charge is 0.416 e. The first kappa shape index (κ1) is 13.5. The lowest BCUT2D eigenvalue weighted by Crippen LogP contribution is -2.53. The number of nitrogens with two attached hydrogens (primary N) is 1. The molecule has 6 heteroatoms. The van der Waals surface area contributed by atoms with Crippen molar-refractivity contribution in [1.82, 2.24) is 4.90 Å². The van der Waals surface area contributed by atoms with Crippen LogP contribution in [-0.4, -0.2) is 30.6 Å². The lowest BCUT2D eigenvalue weighted by atomic mass is 9.84. The van der Waals surface area contributed by atoms with Gasteiger partial charge in [-0.15, -0.1) is 0 Å². The van der Waals surface area contributed by atoms with E-state index in [1.807, 2.05) is 0 Å². The van der Waals surface area contributed by atoms with Gasteiger partial charge in [0.2, 0.25) is 0 Å². The van der Waals surface area contributed by atoms with Crippen molar-refractivity contribution in [1.29, 1.82) is 0 Å². The molecule has 0 radical (unpaired) electrons. The summed E-state index contributed by atoms with van der Waals surface area (Å²) in [6.45, 7) is 3.21. The highest BCUT2D eigenvalue weighted by Crippen LogP contribution is 2.35. The van der Waals surface area contributed by atoms with Crippen LogP contribution in [0.15, 0.2) is 18.2 Å². The summed E-state index contributed by atoms with van der Waals surface area (Å²) in [4.78, 5) is 2.39. The van der Waals surface area contributed by atoms with E-state index in [1.54, 1.807) is 0 Å². The van der Waals surface area contributed by atoms with Crippen LogP contribution in [0, 0.1) is 5.92 Å². The Hall–Kier alpha value is -1.43. The Labute approximate surface area is 115 Å². The van der Waals surface area contributed by atoms with Gasteiger partial charge in [-0.1, -0.05) is 0 Å². The van der Waals surface area contributed by atoms with Crippen molar-refractivity contribution >= 4 is 11.4 Å². The predicted molar refractivity (Wildman–Crippen MR) is 72.4 cm³/mol. The van der Waals surface area contributed by atoms with E-state index < -0.39 is 11.7 Å². The van der Waals surface area contributed by atoms with Crippen LogP contribution in [0.3, 0.4) is 0 Å². The lowest BCUT2D eigenvalue weighted by Gasteiger charge is -2.45. The molecule has 1 atom stereocenters. The minimum atomic E-state index is -4.34. The topological polar surface area (TPSA) is 41.3 Å². The van der Waals surface area contributed by atoms with Crippen LogP contribution in [0.1, 0.15) is 18.4 Å². The third kappa shape index (κ3) is 2.57. The Morgan fingerprint density at radius 1 is 1.20 bits per heavy atom. The van der Waals surface area contributed by atoms with Crippen molar-refractivity contribution in [2.24, 2.45) is 5.92 Å². The molecule has 0 spiro atoms. The minimum Gasteiger partial charge on any atom is -0.397 e. The van der Waals surface area contributed by atoms with Crippen LogP contribution in [0.25, 0.3) is 0 Å². The molecule has 110 valence electrons. The van der Waals surface area contributed by atoms with Gasteiger partial charge in [0.25, 0.3) is 0 Å². The molecule has 3 aliphatic heterocycles. The maximum Gasteiger partial charge on any atom is 0.416 e. The molecule has 3 saturated heterocycles. The number of anilines is 2. The van der Waals surface area contributed by atoms with Crippen LogP contribution < -0.4 is 11.1 Å². The highest BCUT2D eigenvalue weighted by Gasteiger charge is 2.35. The van der Waals surface area contributed by atoms with Gasteiger partial charge in [0.05, 0.1) is 16.9 Å². The van der Waals surface area contributed by atoms with E-state index in [4.69, 9.17) is 5.73 Å². The summed E-state index contributed by atoms with van der Waals surface area (Å²) in [6.07, 6.45) is -2.04. The van der Waals surface area contributed by atoms with E-state index in [9.17, 15) is 13.2 Å². The van der Waals surface area contributed by atoms with E-state index >= 15 is 0 Å². The molecule has 0 aromatic heterocycles. The Morgan fingerprint density at radius 3 is 2.40 bits per heavy atom. The van der Waals surface area contributed by atoms with Crippen molar-refractivity contribution in [2.75, 3.05) is 30.7 Å². The van der Waals surface area contributed by atoms with Gasteiger partial charge >= 0.3 is 6.18 Å². The summed E-state index contributed by atoms with van der Waals surface area (Å²) in [5, 5.41) is 3.33. The van der Waals surface area contributed by atoms with Gasteiger partial charge < -0.3 is 16.0 Å². The zero-order valence-electron chi connectivity index (χ0n) is 11.1. The average Bonchev–Trinajstić information content (AvgIpc) is 2.41. The lowest BCUT2D eigenvalue weighted by molar-refractivity contribution is -0.137. The molecular weight excluding hydrogens is 267 g/mol. The first-order valence-electron chi connectivity index (χ1n) is 6.89. The zero-order valence-corrected chi connectivity index (χ0v) is 11.1. The van der Waals surface area contributed by atoms with Gasteiger partial charge in [-0.2, -0.15) is 13.2 Å². The van der Waals surface area contributed by atoms with E-state index in [0.717, 1.165) is 44.6 Å². The number of halogens is 3. The van der Waals surface area contributed by atoms with E-state index in [0.29, 0.717) is 11.6 Å². The summed E-state index contributed by atoms with van der Waals surface area (Å²) < 4.78 is 37.8. The molecule has 0 aliphatic carbocycles. The van der Waals surface area contributed by atoms with Crippen LogP contribution >= 0.6 is 0 Å². The molecule has 1 aromatic rings. The fourth-order valence-electron chi connectivity index (χ4n) is 3.20. The summed E-state index contributed by atoms with van der Waals surface area (Å²) in [5.74, 6) is 0.599. The maximum atomic E-state index is 12.6. The van der Waals surface area contributed by atoms with Crippen LogP contribution in [-0.2, 0) is 6.18 Å². The third-order valence-corrected chi connectivity index (χ3v) is 4.38. The molecular formula is C14H18F3N3. The Bertz CT molecular complexity index is 493. The molecule has 3 nitrogen and oxygen atoms in total. The summed E-state index contributed by atoms with van der Waals surface area (Å²) >= 11 is 0. The standard InChI is InChI=1S/C14H18F3N3/c15-14(16,17)10-1-2-12(11(18)7-10)19-13-8-20-5-3-9(13)4-6-20/h1-2,7,9,13,19H,3-6,8,18H2. The van der Waals surface area contributed by atoms with E-state index in [1.165, 1.54) is 6.07 Å². The van der Waals surface area contributed by atoms with Gasteiger partial charge in [0, 0.05) is 12.6 Å². The second-order valence-electron chi connectivity index (χ2n) is 5.69. The fraction of sp³-hybridized carbons (Fsp3) is 0.571. The number of alkyl halides is 3. The molecule has 3 aliphatic rings. The molecule has 3 heterocycles. The molecule has 3 N–H and O–H groups in total. The molecule has 1 aromatic carbocycles. The summed E-state index contributed by atoms with van der Waals surface area (Å²) in [6, 6.07) is 3.82. The quantitative estimate of drug-likeness (QED) is 0.821. The van der Waals surface area contributed by atoms with Crippen molar-refractivity contribution < 1.29 is 13.2 Å². The number of rotatable bonds is 2. The Morgan fingerprint density at radius 2 is 1.90 bits per heavy atom. The Kier molecular flexibility index (Phi) is 3.28. The molecule has 3 fully saturated rings. The number of benzene rings is 1. The molecule has 0 saturated carbocycles. The number of hydrogen-bond donors (Lipinski definition) is 2. The van der Waals surface area contributed by atoms with Gasteiger partial charge in [-0.3, -0.25) is 0 Å². The van der Waals surface area contributed by atoms with Crippen molar-refractivity contribution in [3.63, 3.8) is 0 Å². The average molecular weight is 285 g/mol. The highest BCUT2D eigenvalue weighted by molar-refractivity contribution is 5.67. The summed E-state index contributed by atoms with van der Waals surface area (Å²) in [7, 11) is 0. The maximum absolute atomic E-state index is 12.6. The van der Waals surface area contributed by atoms with Crippen molar-refractivity contribution in [3.05, 3.63) is 23.8 Å². The van der Waals surface area contributed by atoms with E-state index in [-0.39, 0.29) is 11.7 Å².